The molecule has 0 fully saturated rings. The standard InChI is InChI=1S/C29H32N6O6/c1-5-14-29(15-22-17(2)40-27(38)41-22)30-24(28(3,4)39)23(26(36)37)35(29)16-18-10-12-19(13-11-18)20-8-6-7-9-21(20)25-31-33-34-32-25/h6-13,30,39H,5,14-16H2,1-4H3,(H,36,37)(H,31,32,33,34). The Morgan fingerprint density at radius 3 is 2.37 bits per heavy atom. The number of aromatic amines is 1. The fourth-order valence-corrected chi connectivity index (χ4v) is 5.42. The van der Waals surface area contributed by atoms with Gasteiger partial charge in [-0.15, -0.1) is 10.2 Å². The molecule has 0 spiro atoms. The van der Waals surface area contributed by atoms with E-state index in [4.69, 9.17) is 8.83 Å². The van der Waals surface area contributed by atoms with Crippen LogP contribution < -0.4 is 11.1 Å². The lowest BCUT2D eigenvalue weighted by Crippen LogP contribution is -2.55. The van der Waals surface area contributed by atoms with Gasteiger partial charge in [0.25, 0.3) is 0 Å². The number of benzene rings is 2. The lowest BCUT2D eigenvalue weighted by Gasteiger charge is -2.41. The predicted octanol–water partition coefficient (Wildman–Crippen LogP) is 3.60. The van der Waals surface area contributed by atoms with Gasteiger partial charge in [-0.25, -0.2) is 9.59 Å². The summed E-state index contributed by atoms with van der Waals surface area (Å²) in [4.78, 5) is 26.3. The van der Waals surface area contributed by atoms with Crippen molar-refractivity contribution in [1.29, 1.82) is 0 Å². The summed E-state index contributed by atoms with van der Waals surface area (Å²) < 4.78 is 10.4. The summed E-state index contributed by atoms with van der Waals surface area (Å²) in [5, 5.41) is 39.1. The summed E-state index contributed by atoms with van der Waals surface area (Å²) in [7, 11) is 0. The van der Waals surface area contributed by atoms with Crippen molar-refractivity contribution in [3.05, 3.63) is 87.6 Å². The number of carboxylic acid groups (broad SMARTS) is 1. The monoisotopic (exact) mass is 560 g/mol. The molecule has 4 aromatic rings. The summed E-state index contributed by atoms with van der Waals surface area (Å²) in [6.45, 7) is 6.91. The third-order valence-corrected chi connectivity index (χ3v) is 7.27. The minimum absolute atomic E-state index is 0.0408. The molecule has 0 bridgehead atoms. The van der Waals surface area contributed by atoms with Gasteiger partial charge in [0.15, 0.2) is 5.76 Å². The number of H-pyrrole nitrogens is 1. The molecule has 0 radical (unpaired) electrons. The van der Waals surface area contributed by atoms with Crippen LogP contribution >= 0.6 is 0 Å². The zero-order valence-corrected chi connectivity index (χ0v) is 23.3. The molecule has 0 saturated heterocycles. The highest BCUT2D eigenvalue weighted by Crippen LogP contribution is 2.40. The van der Waals surface area contributed by atoms with Crippen LogP contribution in [0, 0.1) is 6.92 Å². The number of aliphatic carboxylic acids is 1. The second kappa shape index (κ2) is 10.7. The summed E-state index contributed by atoms with van der Waals surface area (Å²) in [5.41, 5.74) is 1.17. The van der Waals surface area contributed by atoms with Gasteiger partial charge in [0.1, 0.15) is 22.7 Å². The largest absolute Gasteiger partial charge is 0.519 e. The van der Waals surface area contributed by atoms with E-state index in [0.29, 0.717) is 30.2 Å². The first-order valence-corrected chi connectivity index (χ1v) is 13.3. The quantitative estimate of drug-likeness (QED) is 0.223. The lowest BCUT2D eigenvalue weighted by atomic mass is 9.94. The Kier molecular flexibility index (Phi) is 7.26. The van der Waals surface area contributed by atoms with Crippen LogP contribution in [-0.2, 0) is 17.8 Å². The van der Waals surface area contributed by atoms with Crippen molar-refractivity contribution < 1.29 is 23.8 Å². The molecule has 0 saturated carbocycles. The topological polar surface area (TPSA) is 171 Å². The molecule has 12 nitrogen and oxygen atoms in total. The fraction of sp³-hybridized carbons (Fsp3) is 0.345. The highest BCUT2D eigenvalue weighted by Gasteiger charge is 2.50. The summed E-state index contributed by atoms with van der Waals surface area (Å²) >= 11 is 0. The van der Waals surface area contributed by atoms with Gasteiger partial charge in [-0.3, -0.25) is 0 Å². The molecule has 1 aliphatic heterocycles. The second-order valence-corrected chi connectivity index (χ2v) is 10.7. The van der Waals surface area contributed by atoms with Gasteiger partial charge < -0.3 is 29.3 Å². The molecule has 5 rings (SSSR count). The van der Waals surface area contributed by atoms with Gasteiger partial charge in [-0.05, 0) is 49.1 Å². The van der Waals surface area contributed by atoms with Crippen LogP contribution in [0.15, 0.2) is 73.6 Å². The summed E-state index contributed by atoms with van der Waals surface area (Å²) in [5.74, 6) is -0.876. The van der Waals surface area contributed by atoms with E-state index in [1.165, 1.54) is 13.8 Å². The number of carbonyl (C=O) groups is 1. The molecule has 2 aromatic heterocycles. The first-order chi connectivity index (χ1) is 19.5. The molecular formula is C29H32N6O6. The predicted molar refractivity (Wildman–Crippen MR) is 148 cm³/mol. The molecule has 1 aliphatic rings. The third-order valence-electron chi connectivity index (χ3n) is 7.27. The van der Waals surface area contributed by atoms with Crippen molar-refractivity contribution in [2.75, 3.05) is 0 Å². The van der Waals surface area contributed by atoms with Crippen molar-refractivity contribution in [3.63, 3.8) is 0 Å². The molecule has 214 valence electrons. The number of tetrazole rings is 1. The highest BCUT2D eigenvalue weighted by atomic mass is 16.6. The zero-order valence-electron chi connectivity index (χ0n) is 23.3. The number of aryl methyl sites for hydroxylation is 1. The van der Waals surface area contributed by atoms with Crippen molar-refractivity contribution >= 4 is 5.97 Å². The van der Waals surface area contributed by atoms with E-state index in [9.17, 15) is 19.8 Å². The minimum Gasteiger partial charge on any atom is -0.477 e. The molecule has 4 N–H and O–H groups in total. The van der Waals surface area contributed by atoms with E-state index in [-0.39, 0.29) is 24.4 Å². The molecule has 1 atom stereocenters. The van der Waals surface area contributed by atoms with Crippen LogP contribution in [0.25, 0.3) is 22.5 Å². The van der Waals surface area contributed by atoms with Gasteiger partial charge in [0.05, 0.1) is 12.1 Å². The van der Waals surface area contributed by atoms with Crippen LogP contribution in [0.2, 0.25) is 0 Å². The van der Waals surface area contributed by atoms with Gasteiger partial charge in [0, 0.05) is 12.1 Å². The molecule has 2 aromatic carbocycles. The average molecular weight is 561 g/mol. The number of aliphatic hydroxyl groups is 1. The SMILES string of the molecule is CCCC1(Cc2oc(=O)oc2C)NC(C(C)(C)O)=C(C(=O)O)N1Cc1ccc(-c2ccccc2-c2nn[nH]n2)cc1. The van der Waals surface area contributed by atoms with E-state index < -0.39 is 23.1 Å². The smallest absolute Gasteiger partial charge is 0.477 e. The minimum atomic E-state index is -1.48. The van der Waals surface area contributed by atoms with Crippen LogP contribution in [0.4, 0.5) is 0 Å². The first-order valence-electron chi connectivity index (χ1n) is 13.3. The van der Waals surface area contributed by atoms with Gasteiger partial charge in [0.2, 0.25) is 5.82 Å². The van der Waals surface area contributed by atoms with Crippen LogP contribution in [0.5, 0.6) is 0 Å². The van der Waals surface area contributed by atoms with Crippen LogP contribution in [0.1, 0.15) is 50.7 Å². The normalized spacial score (nSPS) is 17.2. The van der Waals surface area contributed by atoms with Gasteiger partial charge in [-0.1, -0.05) is 61.9 Å². The number of hydrogen-bond acceptors (Lipinski definition) is 10. The third kappa shape index (κ3) is 5.38. The molecule has 0 aliphatic carbocycles. The van der Waals surface area contributed by atoms with Crippen molar-refractivity contribution in [2.24, 2.45) is 0 Å². The van der Waals surface area contributed by atoms with E-state index in [1.54, 1.807) is 11.8 Å². The number of carboxylic acids is 1. The molecule has 0 amide bonds. The number of rotatable bonds is 10. The molecule has 1 unspecified atom stereocenters. The van der Waals surface area contributed by atoms with E-state index in [0.717, 1.165) is 22.3 Å². The average Bonchev–Trinajstić information content (AvgIpc) is 3.64. The van der Waals surface area contributed by atoms with Crippen LogP contribution in [0.3, 0.4) is 0 Å². The number of aromatic nitrogens is 4. The van der Waals surface area contributed by atoms with Crippen LogP contribution in [-0.4, -0.2) is 53.0 Å². The van der Waals surface area contributed by atoms with Gasteiger partial charge >= 0.3 is 11.8 Å². The van der Waals surface area contributed by atoms with Crippen molar-refractivity contribution in [3.8, 4) is 22.5 Å². The Morgan fingerprint density at radius 2 is 1.80 bits per heavy atom. The first kappa shape index (κ1) is 27.8. The Balaban J connectivity index is 1.55. The number of hydrogen-bond donors (Lipinski definition) is 4. The Bertz CT molecular complexity index is 1630. The van der Waals surface area contributed by atoms with E-state index in [2.05, 4.69) is 25.9 Å². The number of nitrogens with zero attached hydrogens (tertiary/aromatic N) is 4. The second-order valence-electron chi connectivity index (χ2n) is 10.7. The van der Waals surface area contributed by atoms with E-state index in [1.807, 2.05) is 55.5 Å². The summed E-state index contributed by atoms with van der Waals surface area (Å²) in [6, 6.07) is 15.5. The molecule has 12 heteroatoms. The van der Waals surface area contributed by atoms with Crippen molar-refractivity contribution in [2.45, 2.75) is 64.8 Å². The fourth-order valence-electron chi connectivity index (χ4n) is 5.42. The van der Waals surface area contributed by atoms with Crippen molar-refractivity contribution in [1.82, 2.24) is 30.8 Å². The Labute approximate surface area is 235 Å². The number of nitrogens with one attached hydrogen (secondary N) is 2. The Morgan fingerprint density at radius 1 is 1.10 bits per heavy atom. The van der Waals surface area contributed by atoms with Gasteiger partial charge in [-0.2, -0.15) is 5.21 Å². The lowest BCUT2D eigenvalue weighted by molar-refractivity contribution is -0.135. The highest BCUT2D eigenvalue weighted by molar-refractivity contribution is 5.88. The molecule has 41 heavy (non-hydrogen) atoms. The van der Waals surface area contributed by atoms with E-state index >= 15 is 0 Å². The maximum atomic E-state index is 12.7. The summed E-state index contributed by atoms with van der Waals surface area (Å²) in [6.07, 6.45) is 1.32. The Hall–Kier alpha value is -4.71. The maximum absolute atomic E-state index is 12.7. The zero-order chi connectivity index (χ0) is 29.4. The molecular weight excluding hydrogens is 528 g/mol. The molecule has 3 heterocycles. The maximum Gasteiger partial charge on any atom is 0.519 e.